The van der Waals surface area contributed by atoms with Crippen LogP contribution in [-0.2, 0) is 0 Å². The van der Waals surface area contributed by atoms with Gasteiger partial charge in [-0.2, -0.15) is 0 Å². The van der Waals surface area contributed by atoms with Gasteiger partial charge in [0, 0.05) is 36.9 Å². The van der Waals surface area contributed by atoms with Gasteiger partial charge < -0.3 is 15.5 Å². The fourth-order valence-corrected chi connectivity index (χ4v) is 3.14. The Morgan fingerprint density at radius 3 is 3.00 bits per heavy atom. The van der Waals surface area contributed by atoms with Crippen LogP contribution in [0.5, 0.6) is 0 Å². The van der Waals surface area contributed by atoms with Gasteiger partial charge in [-0.05, 0) is 38.6 Å². The number of pyridine rings is 1. The summed E-state index contributed by atoms with van der Waals surface area (Å²) < 4.78 is 0. The van der Waals surface area contributed by atoms with Gasteiger partial charge in [0.05, 0.1) is 11.2 Å². The number of fused-ring (bicyclic) bond motifs is 1. The first-order chi connectivity index (χ1) is 9.66. The Labute approximate surface area is 120 Å². The van der Waals surface area contributed by atoms with E-state index >= 15 is 0 Å². The molecule has 1 aromatic heterocycles. The molecule has 2 N–H and O–H groups in total. The normalized spacial score (nSPS) is 20.2. The van der Waals surface area contributed by atoms with Gasteiger partial charge in [0.1, 0.15) is 0 Å². The molecule has 0 radical (unpaired) electrons. The zero-order chi connectivity index (χ0) is 14.1. The van der Waals surface area contributed by atoms with Crippen LogP contribution in [-0.4, -0.2) is 43.1 Å². The van der Waals surface area contributed by atoms with Crippen molar-refractivity contribution in [2.45, 2.75) is 18.9 Å². The number of nitrogen functional groups attached to an aromatic ring is 1. The first-order valence-electron chi connectivity index (χ1n) is 7.21. The first kappa shape index (κ1) is 13.2. The molecule has 0 aliphatic carbocycles. The van der Waals surface area contributed by atoms with Gasteiger partial charge in [0.2, 0.25) is 0 Å². The number of nitrogens with zero attached hydrogens (tertiary/aromatic N) is 3. The van der Waals surface area contributed by atoms with Gasteiger partial charge in [-0.25, -0.2) is 0 Å². The maximum absolute atomic E-state index is 6.04. The van der Waals surface area contributed by atoms with Crippen LogP contribution in [0.25, 0.3) is 10.9 Å². The van der Waals surface area contributed by atoms with E-state index in [1.54, 1.807) is 0 Å². The Morgan fingerprint density at radius 1 is 1.35 bits per heavy atom. The van der Waals surface area contributed by atoms with E-state index in [1.165, 1.54) is 25.1 Å². The predicted molar refractivity (Wildman–Crippen MR) is 85.1 cm³/mol. The Balaban J connectivity index is 1.99. The molecular weight excluding hydrogens is 248 g/mol. The van der Waals surface area contributed by atoms with Crippen molar-refractivity contribution in [1.82, 2.24) is 9.88 Å². The molecule has 1 saturated heterocycles. The third-order valence-electron chi connectivity index (χ3n) is 4.31. The molecule has 2 aromatic rings. The number of aromatic nitrogens is 1. The van der Waals surface area contributed by atoms with Crippen LogP contribution < -0.4 is 10.6 Å². The summed E-state index contributed by atoms with van der Waals surface area (Å²) in [5, 5.41) is 1.14. The van der Waals surface area contributed by atoms with Gasteiger partial charge in [-0.15, -0.1) is 0 Å². The van der Waals surface area contributed by atoms with Crippen molar-refractivity contribution in [3.8, 4) is 0 Å². The lowest BCUT2D eigenvalue weighted by atomic mass is 10.0. The second-order valence-electron chi connectivity index (χ2n) is 5.74. The van der Waals surface area contributed by atoms with Crippen LogP contribution in [0.1, 0.15) is 12.8 Å². The molecule has 3 rings (SSSR count). The lowest BCUT2D eigenvalue weighted by Gasteiger charge is -2.37. The molecule has 20 heavy (non-hydrogen) atoms. The fourth-order valence-electron chi connectivity index (χ4n) is 3.14. The monoisotopic (exact) mass is 270 g/mol. The smallest absolute Gasteiger partial charge is 0.0951 e. The van der Waals surface area contributed by atoms with E-state index in [4.69, 9.17) is 5.73 Å². The topological polar surface area (TPSA) is 45.4 Å². The van der Waals surface area contributed by atoms with Gasteiger partial charge in [0.15, 0.2) is 0 Å². The molecular formula is C16H22N4. The van der Waals surface area contributed by atoms with Gasteiger partial charge in [-0.3, -0.25) is 4.98 Å². The van der Waals surface area contributed by atoms with Crippen LogP contribution in [0.2, 0.25) is 0 Å². The van der Waals surface area contributed by atoms with Gasteiger partial charge in [-0.1, -0.05) is 12.1 Å². The minimum absolute atomic E-state index is 0.556. The van der Waals surface area contributed by atoms with Gasteiger partial charge >= 0.3 is 0 Å². The molecule has 1 aromatic carbocycles. The average molecular weight is 270 g/mol. The number of nitrogens with two attached hydrogens (primary N) is 1. The number of hydrogen-bond donors (Lipinski definition) is 1. The lowest BCUT2D eigenvalue weighted by Crippen LogP contribution is -2.45. The molecule has 4 heteroatoms. The summed E-state index contributed by atoms with van der Waals surface area (Å²) in [6.07, 6.45) is 4.36. The Morgan fingerprint density at radius 2 is 2.20 bits per heavy atom. The maximum Gasteiger partial charge on any atom is 0.0951 e. The number of para-hydroxylation sites is 1. The van der Waals surface area contributed by atoms with Crippen LogP contribution in [0, 0.1) is 0 Å². The Kier molecular flexibility index (Phi) is 3.49. The molecule has 0 bridgehead atoms. The summed E-state index contributed by atoms with van der Waals surface area (Å²) in [6.45, 7) is 2.32. The van der Waals surface area contributed by atoms with E-state index in [-0.39, 0.29) is 0 Å². The van der Waals surface area contributed by atoms with E-state index in [1.807, 2.05) is 18.3 Å². The zero-order valence-electron chi connectivity index (χ0n) is 12.2. The van der Waals surface area contributed by atoms with Crippen molar-refractivity contribution < 1.29 is 0 Å². The summed E-state index contributed by atoms with van der Waals surface area (Å²) in [7, 11) is 4.38. The number of benzene rings is 1. The SMILES string of the molecule is CN1CCCC(N(C)c2ccnc3c(N)cccc23)C1. The van der Waals surface area contributed by atoms with Crippen molar-refractivity contribution in [3.63, 3.8) is 0 Å². The molecule has 0 spiro atoms. The number of likely N-dealkylation sites (N-methyl/N-ethyl adjacent to an activating group) is 2. The molecule has 106 valence electrons. The summed E-state index contributed by atoms with van der Waals surface area (Å²) >= 11 is 0. The zero-order valence-corrected chi connectivity index (χ0v) is 12.2. The number of rotatable bonds is 2. The molecule has 1 fully saturated rings. The van der Waals surface area contributed by atoms with E-state index in [9.17, 15) is 0 Å². The summed E-state index contributed by atoms with van der Waals surface area (Å²) in [4.78, 5) is 9.21. The largest absolute Gasteiger partial charge is 0.397 e. The molecule has 4 nitrogen and oxygen atoms in total. The Bertz CT molecular complexity index is 610. The highest BCUT2D eigenvalue weighted by atomic mass is 15.2. The minimum atomic E-state index is 0.556. The van der Waals surface area contributed by atoms with Crippen LogP contribution >= 0.6 is 0 Å². The highest BCUT2D eigenvalue weighted by Crippen LogP contribution is 2.30. The third kappa shape index (κ3) is 2.31. The minimum Gasteiger partial charge on any atom is -0.397 e. The lowest BCUT2D eigenvalue weighted by molar-refractivity contribution is 0.248. The highest BCUT2D eigenvalue weighted by Gasteiger charge is 2.22. The van der Waals surface area contributed by atoms with Crippen LogP contribution in [0.4, 0.5) is 11.4 Å². The molecule has 1 unspecified atom stereocenters. The van der Waals surface area contributed by atoms with E-state index in [2.05, 4.69) is 41.0 Å². The van der Waals surface area contributed by atoms with E-state index in [0.717, 1.165) is 23.1 Å². The summed E-state index contributed by atoms with van der Waals surface area (Å²) in [6, 6.07) is 8.67. The molecule has 0 amide bonds. The predicted octanol–water partition coefficient (Wildman–Crippen LogP) is 2.35. The number of likely N-dealkylation sites (tertiary alicyclic amines) is 1. The number of hydrogen-bond acceptors (Lipinski definition) is 4. The molecule has 1 atom stereocenters. The van der Waals surface area contributed by atoms with Gasteiger partial charge in [0.25, 0.3) is 0 Å². The highest BCUT2D eigenvalue weighted by molar-refractivity contribution is 5.98. The fraction of sp³-hybridized carbons (Fsp3) is 0.438. The Hall–Kier alpha value is -1.81. The number of piperidine rings is 1. The number of anilines is 2. The van der Waals surface area contributed by atoms with Crippen LogP contribution in [0.15, 0.2) is 30.5 Å². The molecule has 0 saturated carbocycles. The third-order valence-corrected chi connectivity index (χ3v) is 4.31. The van der Waals surface area contributed by atoms with Crippen molar-refractivity contribution in [3.05, 3.63) is 30.5 Å². The van der Waals surface area contributed by atoms with E-state index in [0.29, 0.717) is 6.04 Å². The van der Waals surface area contributed by atoms with E-state index < -0.39 is 0 Å². The standard InChI is InChI=1S/C16H22N4/c1-19-10-4-5-12(11-19)20(2)15-8-9-18-16-13(15)6-3-7-14(16)17/h3,6-9,12H,4-5,10-11,17H2,1-2H3. The first-order valence-corrected chi connectivity index (χ1v) is 7.21. The van der Waals surface area contributed by atoms with Crippen LogP contribution in [0.3, 0.4) is 0 Å². The average Bonchev–Trinajstić information content (AvgIpc) is 2.46. The summed E-state index contributed by atoms with van der Waals surface area (Å²) in [5.74, 6) is 0. The molecule has 1 aliphatic heterocycles. The molecule has 1 aliphatic rings. The summed E-state index contributed by atoms with van der Waals surface area (Å²) in [5.41, 5.74) is 8.91. The second-order valence-corrected chi connectivity index (χ2v) is 5.74. The van der Waals surface area contributed by atoms with Crippen molar-refractivity contribution in [1.29, 1.82) is 0 Å². The maximum atomic E-state index is 6.04. The van der Waals surface area contributed by atoms with Crippen molar-refractivity contribution >= 4 is 22.3 Å². The quantitative estimate of drug-likeness (QED) is 0.851. The van der Waals surface area contributed by atoms with Crippen molar-refractivity contribution in [2.75, 3.05) is 37.8 Å². The second kappa shape index (κ2) is 5.29. The van der Waals surface area contributed by atoms with Crippen molar-refractivity contribution in [2.24, 2.45) is 0 Å². The molecule has 2 heterocycles.